The highest BCUT2D eigenvalue weighted by Crippen LogP contribution is 2.25. The number of carboxylic acid groups (broad SMARTS) is 1. The first-order chi connectivity index (χ1) is 12.7. The second kappa shape index (κ2) is 10.4. The molecule has 9 heteroatoms. The molecule has 4 N–H and O–H groups in total. The van der Waals surface area contributed by atoms with E-state index in [1.165, 1.54) is 6.07 Å². The maximum absolute atomic E-state index is 11.3. The molecule has 27 heavy (non-hydrogen) atoms. The Balaban J connectivity index is 0.000000625. The van der Waals surface area contributed by atoms with Crippen LogP contribution in [-0.4, -0.2) is 33.9 Å². The Hall–Kier alpha value is -2.78. The van der Waals surface area contributed by atoms with E-state index >= 15 is 0 Å². The first-order valence-electron chi connectivity index (χ1n) is 8.18. The van der Waals surface area contributed by atoms with Crippen LogP contribution in [0.1, 0.15) is 25.3 Å². The quantitative estimate of drug-likeness (QED) is 0.271. The van der Waals surface area contributed by atoms with Crippen LogP contribution in [0.2, 0.25) is 0 Å². The van der Waals surface area contributed by atoms with Gasteiger partial charge in [-0.25, -0.2) is 4.79 Å². The number of rotatable bonds is 8. The summed E-state index contributed by atoms with van der Waals surface area (Å²) in [6, 6.07) is 8.71. The summed E-state index contributed by atoms with van der Waals surface area (Å²) in [7, 11) is 0. The highest BCUT2D eigenvalue weighted by molar-refractivity contribution is 7.07. The molecule has 1 atom stereocenters. The van der Waals surface area contributed by atoms with E-state index in [0.717, 1.165) is 12.5 Å². The number of anilines is 1. The lowest BCUT2D eigenvalue weighted by atomic mass is 9.90. The normalized spacial score (nSPS) is 12.3. The smallest absolute Gasteiger partial charge is 0.331 e. The molecule has 0 bridgehead atoms. The molecule has 0 radical (unpaired) electrons. The van der Waals surface area contributed by atoms with Gasteiger partial charge in [-0.3, -0.25) is 14.9 Å². The van der Waals surface area contributed by atoms with Crippen molar-refractivity contribution in [2.75, 3.05) is 11.9 Å². The number of carboxylic acids is 1. The van der Waals surface area contributed by atoms with Gasteiger partial charge in [0.25, 0.3) is 5.69 Å². The van der Waals surface area contributed by atoms with Crippen molar-refractivity contribution in [3.05, 3.63) is 56.8 Å². The van der Waals surface area contributed by atoms with E-state index in [-0.39, 0.29) is 25.1 Å². The minimum Gasteiger partial charge on any atom is -0.480 e. The van der Waals surface area contributed by atoms with Crippen LogP contribution in [0.25, 0.3) is 0 Å². The molecule has 0 aliphatic rings. The van der Waals surface area contributed by atoms with Crippen LogP contribution in [0.15, 0.2) is 41.1 Å². The van der Waals surface area contributed by atoms with Crippen LogP contribution >= 0.6 is 11.3 Å². The molecular formula is C18H23N3O5S. The minimum absolute atomic E-state index is 0.0513. The number of hydrogen-bond acceptors (Lipinski definition) is 7. The zero-order valence-electron chi connectivity index (χ0n) is 15.2. The zero-order valence-corrected chi connectivity index (χ0v) is 16.0. The van der Waals surface area contributed by atoms with Crippen LogP contribution in [0, 0.1) is 17.0 Å². The SMILES string of the molecule is CC(=O)[C@@](N)(CCCNc1cc(C)ccc1[N+](=O)[O-])C(=O)O.c1ccsc1. The van der Waals surface area contributed by atoms with E-state index in [1.54, 1.807) is 30.4 Å². The van der Waals surface area contributed by atoms with Crippen molar-refractivity contribution in [2.45, 2.75) is 32.2 Å². The largest absolute Gasteiger partial charge is 0.480 e. The lowest BCUT2D eigenvalue weighted by Crippen LogP contribution is -2.54. The van der Waals surface area contributed by atoms with Crippen LogP contribution < -0.4 is 11.1 Å². The number of hydrogen-bond donors (Lipinski definition) is 3. The average Bonchev–Trinajstić information content (AvgIpc) is 3.17. The molecule has 0 fully saturated rings. The highest BCUT2D eigenvalue weighted by atomic mass is 32.1. The Bertz CT molecular complexity index is 746. The van der Waals surface area contributed by atoms with Gasteiger partial charge in [-0.05, 0) is 49.1 Å². The summed E-state index contributed by atoms with van der Waals surface area (Å²) in [6.45, 7) is 3.21. The summed E-state index contributed by atoms with van der Waals surface area (Å²) in [5, 5.41) is 26.9. The van der Waals surface area contributed by atoms with Gasteiger partial charge in [0.05, 0.1) is 4.92 Å². The van der Waals surface area contributed by atoms with Crippen molar-refractivity contribution in [3.8, 4) is 0 Å². The maximum atomic E-state index is 11.3. The lowest BCUT2D eigenvalue weighted by molar-refractivity contribution is -0.384. The number of aliphatic carboxylic acids is 1. The molecule has 0 amide bonds. The van der Waals surface area contributed by atoms with E-state index in [4.69, 9.17) is 10.8 Å². The van der Waals surface area contributed by atoms with Crippen LogP contribution in [-0.2, 0) is 9.59 Å². The number of carbonyl (C=O) groups is 2. The number of Topliss-reactive ketones (excluding diaryl/α,β-unsaturated/α-hetero) is 1. The molecule has 0 unspecified atom stereocenters. The second-order valence-corrected chi connectivity index (χ2v) is 6.75. The topological polar surface area (TPSA) is 136 Å². The summed E-state index contributed by atoms with van der Waals surface area (Å²) in [5.74, 6) is -2.00. The van der Waals surface area contributed by atoms with Crippen molar-refractivity contribution in [1.82, 2.24) is 0 Å². The number of aryl methyl sites for hydroxylation is 1. The molecule has 2 aromatic rings. The summed E-state index contributed by atoms with van der Waals surface area (Å²) in [5.41, 5.74) is 4.81. The molecule has 2 rings (SSSR count). The monoisotopic (exact) mass is 393 g/mol. The number of nitrogens with one attached hydrogen (secondary N) is 1. The lowest BCUT2D eigenvalue weighted by Gasteiger charge is -2.21. The van der Waals surface area contributed by atoms with Crippen LogP contribution in [0.3, 0.4) is 0 Å². The Morgan fingerprint density at radius 3 is 2.41 bits per heavy atom. The zero-order chi connectivity index (χ0) is 20.4. The molecule has 0 aliphatic heterocycles. The molecule has 0 aliphatic carbocycles. The molecule has 1 aromatic heterocycles. The summed E-state index contributed by atoms with van der Waals surface area (Å²) >= 11 is 1.71. The molecule has 0 saturated heterocycles. The fraction of sp³-hybridized carbons (Fsp3) is 0.333. The van der Waals surface area contributed by atoms with E-state index in [9.17, 15) is 19.7 Å². The third-order valence-electron chi connectivity index (χ3n) is 3.85. The minimum atomic E-state index is -1.92. The van der Waals surface area contributed by atoms with Crippen molar-refractivity contribution in [1.29, 1.82) is 0 Å². The highest BCUT2D eigenvalue weighted by Gasteiger charge is 2.38. The van der Waals surface area contributed by atoms with Crippen molar-refractivity contribution in [2.24, 2.45) is 5.73 Å². The van der Waals surface area contributed by atoms with Crippen LogP contribution in [0.4, 0.5) is 11.4 Å². The summed E-state index contributed by atoms with van der Waals surface area (Å²) in [6.07, 6.45) is 0.234. The van der Waals surface area contributed by atoms with Gasteiger partial charge in [0.1, 0.15) is 5.69 Å². The van der Waals surface area contributed by atoms with Gasteiger partial charge in [0.2, 0.25) is 0 Å². The first kappa shape index (κ1) is 22.3. The molecule has 1 heterocycles. The number of ketones is 1. The van der Waals surface area contributed by atoms with Crippen LogP contribution in [0.5, 0.6) is 0 Å². The van der Waals surface area contributed by atoms with Gasteiger partial charge >= 0.3 is 5.97 Å². The summed E-state index contributed by atoms with van der Waals surface area (Å²) < 4.78 is 0. The molecule has 8 nitrogen and oxygen atoms in total. The first-order valence-corrected chi connectivity index (χ1v) is 9.12. The molecule has 0 spiro atoms. The molecule has 146 valence electrons. The number of thiophene rings is 1. The predicted octanol–water partition coefficient (Wildman–Crippen LogP) is 3.21. The second-order valence-electron chi connectivity index (χ2n) is 5.93. The van der Waals surface area contributed by atoms with Gasteiger partial charge < -0.3 is 16.2 Å². The van der Waals surface area contributed by atoms with Gasteiger partial charge in [0.15, 0.2) is 11.3 Å². The van der Waals surface area contributed by atoms with Crippen molar-refractivity contribution >= 4 is 34.5 Å². The Morgan fingerprint density at radius 1 is 1.33 bits per heavy atom. The van der Waals surface area contributed by atoms with E-state index in [1.807, 2.05) is 22.9 Å². The van der Waals surface area contributed by atoms with Gasteiger partial charge in [0, 0.05) is 12.6 Å². The number of nitro benzene ring substituents is 1. The van der Waals surface area contributed by atoms with Gasteiger partial charge in [-0.1, -0.05) is 18.2 Å². The van der Waals surface area contributed by atoms with E-state index in [0.29, 0.717) is 5.69 Å². The van der Waals surface area contributed by atoms with E-state index < -0.39 is 22.2 Å². The Labute approximate surface area is 161 Å². The fourth-order valence-corrected chi connectivity index (χ4v) is 2.65. The standard InChI is InChI=1S/C14H19N3O5.C4H4S/c1-9-4-5-12(17(21)22)11(8-9)16-7-3-6-14(15,10(2)18)13(19)20;1-2-4-5-3-1/h4-5,8,16H,3,6-7,15H2,1-2H3,(H,19,20);1-4H/t14-;/m0./s1. The predicted molar refractivity (Wildman–Crippen MR) is 105 cm³/mol. The Morgan fingerprint density at radius 2 is 1.96 bits per heavy atom. The van der Waals surface area contributed by atoms with E-state index in [2.05, 4.69) is 5.32 Å². The third-order valence-corrected chi connectivity index (χ3v) is 4.48. The van der Waals surface area contributed by atoms with Crippen molar-refractivity contribution < 1.29 is 19.6 Å². The number of carbonyl (C=O) groups excluding carboxylic acids is 1. The third kappa shape index (κ3) is 6.80. The summed E-state index contributed by atoms with van der Waals surface area (Å²) in [4.78, 5) is 32.8. The molecule has 1 aromatic carbocycles. The fourth-order valence-electron chi connectivity index (χ4n) is 2.20. The Kier molecular flexibility index (Phi) is 8.57. The number of nitrogens with two attached hydrogens (primary N) is 1. The molecule has 0 saturated carbocycles. The number of nitro groups is 1. The van der Waals surface area contributed by atoms with Crippen molar-refractivity contribution in [3.63, 3.8) is 0 Å². The number of benzene rings is 1. The van der Waals surface area contributed by atoms with Gasteiger partial charge in [-0.15, -0.1) is 0 Å². The maximum Gasteiger partial charge on any atom is 0.331 e. The average molecular weight is 393 g/mol. The molecular weight excluding hydrogens is 370 g/mol. The number of nitrogens with zero attached hydrogens (tertiary/aromatic N) is 1. The van der Waals surface area contributed by atoms with Gasteiger partial charge in [-0.2, -0.15) is 11.3 Å².